The molecule has 140 valence electrons. The highest BCUT2D eigenvalue weighted by molar-refractivity contribution is 7.88. The molecule has 2 aromatic carbocycles. The minimum atomic E-state index is -3.22. The first-order chi connectivity index (χ1) is 12.2. The Balaban J connectivity index is 1.86. The second-order valence-electron chi connectivity index (χ2n) is 6.51. The molecule has 1 N–H and O–H groups in total. The minimum absolute atomic E-state index is 0.157. The number of hydrogen-bond acceptors (Lipinski definition) is 4. The van der Waals surface area contributed by atoms with E-state index in [1.807, 2.05) is 0 Å². The third-order valence-corrected chi connectivity index (χ3v) is 5.76. The van der Waals surface area contributed by atoms with Crippen LogP contribution in [0.5, 0.6) is 5.75 Å². The number of benzene rings is 2. The van der Waals surface area contributed by atoms with Gasteiger partial charge in [0.2, 0.25) is 10.0 Å². The average molecular weight is 381 g/mol. The average Bonchev–Trinajstić information content (AvgIpc) is 2.54. The largest absolute Gasteiger partial charge is 0.490 e. The molecular formula is C18H20FNO5S. The molecule has 2 aromatic rings. The fourth-order valence-electron chi connectivity index (χ4n) is 3.19. The van der Waals surface area contributed by atoms with Crippen LogP contribution in [0, 0.1) is 5.82 Å². The van der Waals surface area contributed by atoms with Gasteiger partial charge in [0, 0.05) is 18.5 Å². The maximum absolute atomic E-state index is 13.7. The van der Waals surface area contributed by atoms with Gasteiger partial charge in [-0.05, 0) is 42.0 Å². The number of carboxylic acids is 1. The maximum atomic E-state index is 13.7. The number of piperidine rings is 1. The zero-order valence-corrected chi connectivity index (χ0v) is 15.1. The molecule has 0 saturated carbocycles. The summed E-state index contributed by atoms with van der Waals surface area (Å²) < 4.78 is 44.3. The Kier molecular flexibility index (Phi) is 5.15. The summed E-state index contributed by atoms with van der Waals surface area (Å²) in [7, 11) is -3.22. The van der Waals surface area contributed by atoms with Gasteiger partial charge >= 0.3 is 5.97 Å². The molecule has 0 amide bonds. The van der Waals surface area contributed by atoms with Gasteiger partial charge in [-0.2, -0.15) is 0 Å². The van der Waals surface area contributed by atoms with Gasteiger partial charge < -0.3 is 9.84 Å². The Morgan fingerprint density at radius 1 is 1.27 bits per heavy atom. The van der Waals surface area contributed by atoms with Gasteiger partial charge in [0.15, 0.2) is 0 Å². The van der Waals surface area contributed by atoms with E-state index < -0.39 is 21.8 Å². The van der Waals surface area contributed by atoms with Crippen LogP contribution in [0.15, 0.2) is 30.3 Å². The van der Waals surface area contributed by atoms with Crippen molar-refractivity contribution in [2.24, 2.45) is 0 Å². The molecule has 0 spiro atoms. The van der Waals surface area contributed by atoms with Crippen LogP contribution < -0.4 is 4.74 Å². The minimum Gasteiger partial charge on any atom is -0.490 e. The van der Waals surface area contributed by atoms with Gasteiger partial charge in [-0.25, -0.2) is 17.1 Å². The summed E-state index contributed by atoms with van der Waals surface area (Å²) in [5.41, 5.74) is 0.570. The molecule has 8 heteroatoms. The van der Waals surface area contributed by atoms with E-state index in [1.54, 1.807) is 18.2 Å². The fourth-order valence-corrected chi connectivity index (χ4v) is 4.06. The van der Waals surface area contributed by atoms with E-state index in [9.17, 15) is 17.6 Å². The number of nitrogens with zero attached hydrogens (tertiary/aromatic N) is 1. The summed E-state index contributed by atoms with van der Waals surface area (Å²) in [4.78, 5) is 11.0. The van der Waals surface area contributed by atoms with Crippen molar-refractivity contribution >= 4 is 26.8 Å². The zero-order chi connectivity index (χ0) is 18.9. The van der Waals surface area contributed by atoms with Gasteiger partial charge in [0.1, 0.15) is 17.7 Å². The Bertz CT molecular complexity index is 936. The van der Waals surface area contributed by atoms with E-state index in [4.69, 9.17) is 9.84 Å². The molecule has 1 aliphatic rings. The normalized spacial score (nSPS) is 16.7. The highest BCUT2D eigenvalue weighted by Gasteiger charge is 2.26. The van der Waals surface area contributed by atoms with Gasteiger partial charge in [0.05, 0.1) is 12.7 Å². The number of aliphatic carboxylic acids is 1. The van der Waals surface area contributed by atoms with Crippen molar-refractivity contribution in [1.82, 2.24) is 4.31 Å². The maximum Gasteiger partial charge on any atom is 0.307 e. The number of fused-ring (bicyclic) bond motifs is 1. The van der Waals surface area contributed by atoms with E-state index in [-0.39, 0.29) is 12.5 Å². The topological polar surface area (TPSA) is 83.9 Å². The fraction of sp³-hybridized carbons (Fsp3) is 0.389. The van der Waals surface area contributed by atoms with E-state index >= 15 is 0 Å². The molecule has 0 aromatic heterocycles. The summed E-state index contributed by atoms with van der Waals surface area (Å²) in [5.74, 6) is -0.935. The van der Waals surface area contributed by atoms with Crippen LogP contribution in [0.4, 0.5) is 4.39 Å². The molecular weight excluding hydrogens is 361 g/mol. The van der Waals surface area contributed by atoms with E-state index in [0.29, 0.717) is 48.0 Å². The molecule has 0 bridgehead atoms. The van der Waals surface area contributed by atoms with Crippen LogP contribution in [-0.2, 0) is 21.2 Å². The van der Waals surface area contributed by atoms with Gasteiger partial charge in [-0.3, -0.25) is 4.79 Å². The van der Waals surface area contributed by atoms with Crippen LogP contribution in [0.2, 0.25) is 0 Å². The molecule has 26 heavy (non-hydrogen) atoms. The van der Waals surface area contributed by atoms with Crippen LogP contribution in [-0.4, -0.2) is 49.2 Å². The van der Waals surface area contributed by atoms with Gasteiger partial charge in [-0.1, -0.05) is 12.1 Å². The third-order valence-electron chi connectivity index (χ3n) is 4.46. The summed E-state index contributed by atoms with van der Waals surface area (Å²) in [6, 6.07) is 7.61. The van der Waals surface area contributed by atoms with Crippen molar-refractivity contribution in [2.45, 2.75) is 25.4 Å². The van der Waals surface area contributed by atoms with Gasteiger partial charge in [0.25, 0.3) is 0 Å². The van der Waals surface area contributed by atoms with Crippen molar-refractivity contribution in [1.29, 1.82) is 0 Å². The summed E-state index contributed by atoms with van der Waals surface area (Å²) in [6.07, 6.45) is 1.86. The summed E-state index contributed by atoms with van der Waals surface area (Å²) in [5, 5.41) is 10.3. The van der Waals surface area contributed by atoms with Crippen molar-refractivity contribution in [3.63, 3.8) is 0 Å². The van der Waals surface area contributed by atoms with Crippen molar-refractivity contribution in [3.05, 3.63) is 41.7 Å². The number of halogens is 1. The lowest BCUT2D eigenvalue weighted by atomic mass is 10.0. The van der Waals surface area contributed by atoms with E-state index in [0.717, 1.165) is 0 Å². The number of carbonyl (C=O) groups is 1. The number of rotatable bonds is 5. The number of sulfonamides is 1. The van der Waals surface area contributed by atoms with Crippen LogP contribution in [0.1, 0.15) is 18.4 Å². The SMILES string of the molecule is CS(=O)(=O)N1CCC(Oc2cc(CC(=O)O)cc3ccc(F)cc23)CC1. The second kappa shape index (κ2) is 7.20. The molecule has 1 fully saturated rings. The van der Waals surface area contributed by atoms with E-state index in [1.165, 1.54) is 22.7 Å². The number of ether oxygens (including phenoxy) is 1. The second-order valence-corrected chi connectivity index (χ2v) is 8.49. The Hall–Kier alpha value is -2.19. The standard InChI is InChI=1S/C18H20FNO5S/c1-26(23,24)20-6-4-15(5-7-20)25-17-9-12(10-18(21)22)8-13-2-3-14(19)11-16(13)17/h2-3,8-9,11,15H,4-7,10H2,1H3,(H,21,22). The van der Waals surface area contributed by atoms with E-state index in [2.05, 4.69) is 0 Å². The third kappa shape index (κ3) is 4.31. The van der Waals surface area contributed by atoms with Crippen LogP contribution in [0.25, 0.3) is 10.8 Å². The summed E-state index contributed by atoms with van der Waals surface area (Å²) in [6.45, 7) is 0.731. The van der Waals surface area contributed by atoms with Crippen LogP contribution in [0.3, 0.4) is 0 Å². The molecule has 1 saturated heterocycles. The molecule has 1 aliphatic heterocycles. The van der Waals surface area contributed by atoms with Crippen molar-refractivity contribution in [3.8, 4) is 5.75 Å². The number of carboxylic acid groups (broad SMARTS) is 1. The lowest BCUT2D eigenvalue weighted by molar-refractivity contribution is -0.136. The number of hydrogen-bond donors (Lipinski definition) is 1. The zero-order valence-electron chi connectivity index (χ0n) is 14.3. The Labute approximate surface area is 151 Å². The van der Waals surface area contributed by atoms with Crippen LogP contribution >= 0.6 is 0 Å². The summed E-state index contributed by atoms with van der Waals surface area (Å²) >= 11 is 0. The molecule has 1 heterocycles. The Morgan fingerprint density at radius 2 is 1.96 bits per heavy atom. The molecule has 0 aliphatic carbocycles. The smallest absolute Gasteiger partial charge is 0.307 e. The van der Waals surface area contributed by atoms with Crippen molar-refractivity contribution in [2.75, 3.05) is 19.3 Å². The first-order valence-corrected chi connectivity index (χ1v) is 10.1. The molecule has 0 unspecified atom stereocenters. The first-order valence-electron chi connectivity index (χ1n) is 8.28. The van der Waals surface area contributed by atoms with Crippen molar-refractivity contribution < 1.29 is 27.4 Å². The predicted molar refractivity (Wildman–Crippen MR) is 95.3 cm³/mol. The first kappa shape index (κ1) is 18.6. The molecule has 6 nitrogen and oxygen atoms in total. The lowest BCUT2D eigenvalue weighted by Gasteiger charge is -2.30. The molecule has 0 atom stereocenters. The highest BCUT2D eigenvalue weighted by atomic mass is 32.2. The monoisotopic (exact) mass is 381 g/mol. The quantitative estimate of drug-likeness (QED) is 0.860. The van der Waals surface area contributed by atoms with Gasteiger partial charge in [-0.15, -0.1) is 0 Å². The Morgan fingerprint density at radius 3 is 2.58 bits per heavy atom. The lowest BCUT2D eigenvalue weighted by Crippen LogP contribution is -2.41. The molecule has 0 radical (unpaired) electrons. The predicted octanol–water partition coefficient (Wildman–Crippen LogP) is 2.41. The highest BCUT2D eigenvalue weighted by Crippen LogP contribution is 2.31. The molecule has 3 rings (SSSR count).